The van der Waals surface area contributed by atoms with Crippen molar-refractivity contribution < 1.29 is 24.3 Å². The summed E-state index contributed by atoms with van der Waals surface area (Å²) in [5.41, 5.74) is 0.431. The number of amides is 3. The van der Waals surface area contributed by atoms with Crippen molar-refractivity contribution in [3.8, 4) is 0 Å². The molecule has 9 heteroatoms. The number of aliphatic hydroxyl groups excluding tert-OH is 1. The highest BCUT2D eigenvalue weighted by Crippen LogP contribution is 3.07. The summed E-state index contributed by atoms with van der Waals surface area (Å²) in [5, 5.41) is 15.5. The van der Waals surface area contributed by atoms with Crippen LogP contribution in [0.25, 0.3) is 0 Å². The molecule has 1 aliphatic heterocycles. The first kappa shape index (κ1) is 26.8. The average Bonchev–Trinajstić information content (AvgIpc) is 3.23. The Balaban J connectivity index is 1.11. The van der Waals surface area contributed by atoms with Crippen molar-refractivity contribution in [1.82, 2.24) is 15.1 Å². The van der Waals surface area contributed by atoms with E-state index in [0.717, 1.165) is 28.8 Å². The molecular weight excluding hydrogens is 538 g/mol. The third-order valence-electron chi connectivity index (χ3n) is 11.5. The van der Waals surface area contributed by atoms with Gasteiger partial charge in [0.1, 0.15) is 17.5 Å². The summed E-state index contributed by atoms with van der Waals surface area (Å²) in [5.74, 6) is -0.883. The van der Waals surface area contributed by atoms with Gasteiger partial charge in [-0.05, 0) is 53.7 Å². The molecule has 1 aromatic carbocycles. The number of carbonyl (C=O) groups excluding carboxylic acids is 4. The Hall–Kier alpha value is -3.04. The van der Waals surface area contributed by atoms with Crippen LogP contribution < -0.4 is 5.32 Å². The number of Topliss-reactive ketones (excluding diaryl/α,β-unsaturated/α-hetero) is 1. The number of fused-ring (bicyclic) bond motifs is 1. The lowest BCUT2D eigenvalue weighted by Gasteiger charge is -2.72. The second-order valence-corrected chi connectivity index (χ2v) is 14.6. The molecule has 0 radical (unpaired) electrons. The van der Waals surface area contributed by atoms with Crippen molar-refractivity contribution >= 4 is 34.8 Å². The minimum absolute atomic E-state index is 0.0198. The third kappa shape index (κ3) is 3.09. The van der Waals surface area contributed by atoms with Crippen LogP contribution in [0.1, 0.15) is 49.1 Å². The summed E-state index contributed by atoms with van der Waals surface area (Å²) in [4.78, 5) is 59.2. The minimum atomic E-state index is -1.02. The lowest BCUT2D eigenvalue weighted by Crippen LogP contribution is -2.75. The van der Waals surface area contributed by atoms with Gasteiger partial charge >= 0.3 is 0 Å². The summed E-state index contributed by atoms with van der Waals surface area (Å²) in [6.07, 6.45) is 1.27. The molecule has 3 amide bonds. The number of benzene rings is 1. The molecule has 1 saturated heterocycles. The molecule has 2 heterocycles. The number of rotatable bonds is 8. The van der Waals surface area contributed by atoms with E-state index in [9.17, 15) is 24.3 Å². The smallest absolute Gasteiger partial charge is 0.245 e. The topological polar surface area (TPSA) is 107 Å². The number of hydrogen-bond donors (Lipinski definition) is 2. The molecule has 4 saturated carbocycles. The quantitative estimate of drug-likeness (QED) is 0.471. The molecule has 1 spiro atoms. The van der Waals surface area contributed by atoms with Crippen molar-refractivity contribution in [3.63, 3.8) is 0 Å². The van der Waals surface area contributed by atoms with Crippen molar-refractivity contribution in [2.24, 2.45) is 27.6 Å². The molecule has 0 bridgehead atoms. The van der Waals surface area contributed by atoms with E-state index in [4.69, 9.17) is 0 Å². The number of nitrogens with zero attached hydrogens (tertiary/aromatic N) is 2. The largest absolute Gasteiger partial charge is 0.391 e. The van der Waals surface area contributed by atoms with Gasteiger partial charge in [-0.3, -0.25) is 19.2 Å². The van der Waals surface area contributed by atoms with Crippen LogP contribution in [-0.2, 0) is 32.1 Å². The molecule has 7 rings (SSSR count). The monoisotopic (exact) mass is 575 g/mol. The van der Waals surface area contributed by atoms with Crippen LogP contribution in [0, 0.1) is 34.5 Å². The lowest BCUT2D eigenvalue weighted by molar-refractivity contribution is -0.242. The Morgan fingerprint density at radius 3 is 2.61 bits per heavy atom. The number of ketones is 1. The first-order valence-electron chi connectivity index (χ1n) is 14.6. The lowest BCUT2D eigenvalue weighted by atomic mass is 9.29. The van der Waals surface area contributed by atoms with Gasteiger partial charge in [-0.25, -0.2) is 0 Å². The van der Waals surface area contributed by atoms with Gasteiger partial charge in [0.05, 0.1) is 6.10 Å². The fourth-order valence-electron chi connectivity index (χ4n) is 10.1. The Morgan fingerprint density at radius 2 is 1.95 bits per heavy atom. The first-order valence-corrected chi connectivity index (χ1v) is 15.5. The Morgan fingerprint density at radius 1 is 1.20 bits per heavy atom. The normalized spacial score (nSPS) is 38.0. The molecule has 7 unspecified atom stereocenters. The maximum Gasteiger partial charge on any atom is 0.245 e. The number of hydrogen-bond acceptors (Lipinski definition) is 6. The number of aliphatic hydroxyl groups is 1. The number of nitrogens with one attached hydrogen (secondary N) is 1. The van der Waals surface area contributed by atoms with Crippen molar-refractivity contribution in [2.75, 3.05) is 13.6 Å². The molecule has 5 fully saturated rings. The molecule has 2 N–H and O–H groups in total. The third-order valence-corrected chi connectivity index (χ3v) is 12.4. The number of carbonyl (C=O) groups is 4. The van der Waals surface area contributed by atoms with E-state index in [0.29, 0.717) is 13.0 Å². The fourth-order valence-corrected chi connectivity index (χ4v) is 10.9. The predicted molar refractivity (Wildman–Crippen MR) is 153 cm³/mol. The summed E-state index contributed by atoms with van der Waals surface area (Å²) >= 11 is 1.52. The van der Waals surface area contributed by atoms with Gasteiger partial charge in [0.15, 0.2) is 5.78 Å². The zero-order chi connectivity index (χ0) is 29.1. The van der Waals surface area contributed by atoms with Gasteiger partial charge in [0.25, 0.3) is 0 Å². The van der Waals surface area contributed by atoms with Crippen molar-refractivity contribution in [1.29, 1.82) is 0 Å². The molecule has 4 aliphatic carbocycles. The molecule has 8 nitrogen and oxygen atoms in total. The predicted octanol–water partition coefficient (Wildman–Crippen LogP) is 2.71. The summed E-state index contributed by atoms with van der Waals surface area (Å²) in [6.45, 7) is 6.62. The molecule has 5 aliphatic rings. The number of β-amino-alcohol motifs (C(OH)–C–C–N with tert-alkyl or cyclic N) is 1. The van der Waals surface area contributed by atoms with E-state index in [1.165, 1.54) is 16.2 Å². The maximum atomic E-state index is 14.1. The standard InChI is InChI=1S/C32H37N3O5S/c1-18-8-5-6-9-19(18)15-34(4)26(38)22(13-21-10-7-11-41-21)33-25(37)23-12-20(36)16-35(23)28(40)31-24-14-29(2)17-30(3,27(31)39)32(24,29)31/h5-11,20,22-24,36H,12-17H2,1-4H3,(H,33,37)/t20-,22?,23?,24?,29?,30?,31?,32?/m1/s1. The van der Waals surface area contributed by atoms with Crippen LogP contribution in [0.3, 0.4) is 0 Å². The molecule has 2 aromatic rings. The van der Waals surface area contributed by atoms with Crippen LogP contribution in [0.4, 0.5) is 0 Å². The average molecular weight is 576 g/mol. The number of likely N-dealkylation sites (tertiary alicyclic amines) is 1. The van der Waals surface area contributed by atoms with E-state index >= 15 is 0 Å². The summed E-state index contributed by atoms with van der Waals surface area (Å²) < 4.78 is 0. The molecular formula is C32H37N3O5S. The molecule has 216 valence electrons. The second-order valence-electron chi connectivity index (χ2n) is 13.6. The van der Waals surface area contributed by atoms with Gasteiger partial charge in [0, 0.05) is 48.7 Å². The zero-order valence-electron chi connectivity index (χ0n) is 24.0. The number of aryl methyl sites for hydroxylation is 1. The van der Waals surface area contributed by atoms with E-state index in [2.05, 4.69) is 12.2 Å². The van der Waals surface area contributed by atoms with Crippen LogP contribution >= 0.6 is 11.3 Å². The number of thiophene rings is 1. The van der Waals surface area contributed by atoms with Crippen LogP contribution in [-0.4, -0.2) is 70.2 Å². The van der Waals surface area contributed by atoms with Gasteiger partial charge < -0.3 is 20.2 Å². The van der Waals surface area contributed by atoms with Crippen molar-refractivity contribution in [3.05, 3.63) is 57.8 Å². The Bertz CT molecular complexity index is 1490. The van der Waals surface area contributed by atoms with E-state index in [1.54, 1.807) is 11.9 Å². The van der Waals surface area contributed by atoms with Gasteiger partial charge in [-0.15, -0.1) is 11.3 Å². The first-order chi connectivity index (χ1) is 19.4. The highest BCUT2D eigenvalue weighted by molar-refractivity contribution is 7.09. The van der Waals surface area contributed by atoms with Gasteiger partial charge in [0.2, 0.25) is 17.7 Å². The van der Waals surface area contributed by atoms with E-state index < -0.39 is 34.9 Å². The van der Waals surface area contributed by atoms with Crippen molar-refractivity contribution in [2.45, 2.75) is 71.2 Å². The maximum absolute atomic E-state index is 14.1. The summed E-state index contributed by atoms with van der Waals surface area (Å²) in [6, 6.07) is 9.98. The van der Waals surface area contributed by atoms with Crippen LogP contribution in [0.2, 0.25) is 0 Å². The van der Waals surface area contributed by atoms with Gasteiger partial charge in [-0.2, -0.15) is 0 Å². The zero-order valence-corrected chi connectivity index (χ0v) is 24.8. The van der Waals surface area contributed by atoms with E-state index in [1.807, 2.05) is 55.6 Å². The van der Waals surface area contributed by atoms with Crippen LogP contribution in [0.5, 0.6) is 0 Å². The van der Waals surface area contributed by atoms with E-state index in [-0.39, 0.29) is 47.3 Å². The molecule has 8 atom stereocenters. The van der Waals surface area contributed by atoms with Gasteiger partial charge in [-0.1, -0.05) is 44.2 Å². The highest BCUT2D eigenvalue weighted by atomic mass is 32.1. The van der Waals surface area contributed by atoms with Crippen LogP contribution in [0.15, 0.2) is 41.8 Å². The highest BCUT2D eigenvalue weighted by Gasteiger charge is 3.12. The minimum Gasteiger partial charge on any atom is -0.391 e. The molecule has 41 heavy (non-hydrogen) atoms. The second kappa shape index (κ2) is 8.51. The number of likely N-dealkylation sites (N-methyl/N-ethyl adjacent to an activating group) is 1. The fraction of sp³-hybridized carbons (Fsp3) is 0.562. The Labute approximate surface area is 244 Å². The molecule has 1 aromatic heterocycles. The SMILES string of the molecule is Cc1ccccc1CN(C)C(=O)C(Cc1cccs1)NC(=O)C1C[C@@H](O)CN1C(=O)C12C(=O)C3(C)CC4(C)CC1C432. The Kier molecular flexibility index (Phi) is 5.57. The summed E-state index contributed by atoms with van der Waals surface area (Å²) in [7, 11) is 1.73.